The predicted molar refractivity (Wildman–Crippen MR) is 83.2 cm³/mol. The second-order valence-corrected chi connectivity index (χ2v) is 4.59. The molecular formula is C15H17N3S. The Kier molecular flexibility index (Phi) is 5.31. The number of rotatable bonds is 5. The van der Waals surface area contributed by atoms with Gasteiger partial charge >= 0.3 is 0 Å². The van der Waals surface area contributed by atoms with Gasteiger partial charge in [0.1, 0.15) is 5.82 Å². The van der Waals surface area contributed by atoms with Crippen molar-refractivity contribution in [3.05, 3.63) is 60.3 Å². The van der Waals surface area contributed by atoms with E-state index in [2.05, 4.69) is 39.9 Å². The number of nitrogens with one attached hydrogen (secondary N) is 2. The lowest BCUT2D eigenvalue weighted by Crippen LogP contribution is -2.29. The van der Waals surface area contributed by atoms with Crippen molar-refractivity contribution < 1.29 is 0 Å². The maximum atomic E-state index is 5.20. The molecule has 0 aliphatic heterocycles. The van der Waals surface area contributed by atoms with Gasteiger partial charge in [0.15, 0.2) is 5.11 Å². The molecule has 3 nitrogen and oxygen atoms in total. The molecular weight excluding hydrogens is 254 g/mol. The van der Waals surface area contributed by atoms with E-state index in [1.165, 1.54) is 5.56 Å². The average Bonchev–Trinajstić information content (AvgIpc) is 2.46. The highest BCUT2D eigenvalue weighted by molar-refractivity contribution is 7.80. The van der Waals surface area contributed by atoms with Crippen LogP contribution in [0.3, 0.4) is 0 Å². The normalized spacial score (nSPS) is 9.89. The molecule has 0 fully saturated rings. The van der Waals surface area contributed by atoms with Crippen LogP contribution in [0.4, 0.5) is 5.82 Å². The van der Waals surface area contributed by atoms with Gasteiger partial charge in [-0.15, -0.1) is 0 Å². The highest BCUT2D eigenvalue weighted by atomic mass is 32.1. The number of pyridine rings is 1. The Labute approximate surface area is 119 Å². The minimum absolute atomic E-state index is 0.617. The van der Waals surface area contributed by atoms with Crippen LogP contribution in [0, 0.1) is 0 Å². The number of aryl methyl sites for hydroxylation is 1. The summed E-state index contributed by atoms with van der Waals surface area (Å²) in [4.78, 5) is 4.16. The van der Waals surface area contributed by atoms with Crippen LogP contribution in [0.1, 0.15) is 12.0 Å². The summed E-state index contributed by atoms with van der Waals surface area (Å²) in [7, 11) is 0. The largest absolute Gasteiger partial charge is 0.362 e. The van der Waals surface area contributed by atoms with Crippen LogP contribution < -0.4 is 10.6 Å². The number of aromatic nitrogens is 1. The Morgan fingerprint density at radius 2 is 1.84 bits per heavy atom. The molecule has 0 aliphatic carbocycles. The minimum Gasteiger partial charge on any atom is -0.362 e. The zero-order valence-electron chi connectivity index (χ0n) is 10.7. The van der Waals surface area contributed by atoms with E-state index in [0.717, 1.165) is 25.2 Å². The molecule has 0 spiro atoms. The summed E-state index contributed by atoms with van der Waals surface area (Å²) >= 11 is 5.20. The molecule has 2 N–H and O–H groups in total. The fraction of sp³-hybridized carbons (Fsp3) is 0.200. The van der Waals surface area contributed by atoms with Crippen molar-refractivity contribution in [2.24, 2.45) is 0 Å². The maximum Gasteiger partial charge on any atom is 0.171 e. The van der Waals surface area contributed by atoms with Gasteiger partial charge in [-0.2, -0.15) is 0 Å². The molecule has 0 saturated carbocycles. The van der Waals surface area contributed by atoms with Crippen LogP contribution in [-0.2, 0) is 6.42 Å². The topological polar surface area (TPSA) is 37.0 Å². The van der Waals surface area contributed by atoms with E-state index in [0.29, 0.717) is 5.11 Å². The molecule has 0 amide bonds. The Hall–Kier alpha value is -1.94. The third-order valence-corrected chi connectivity index (χ3v) is 2.92. The Bertz CT molecular complexity index is 499. The molecule has 0 unspecified atom stereocenters. The van der Waals surface area contributed by atoms with Crippen LogP contribution in [-0.4, -0.2) is 16.6 Å². The molecule has 1 heterocycles. The van der Waals surface area contributed by atoms with E-state index >= 15 is 0 Å². The summed E-state index contributed by atoms with van der Waals surface area (Å²) < 4.78 is 0. The van der Waals surface area contributed by atoms with Crippen molar-refractivity contribution in [3.8, 4) is 0 Å². The van der Waals surface area contributed by atoms with Crippen LogP contribution in [0.5, 0.6) is 0 Å². The fourth-order valence-corrected chi connectivity index (χ4v) is 1.94. The Morgan fingerprint density at radius 3 is 2.58 bits per heavy atom. The highest BCUT2D eigenvalue weighted by Crippen LogP contribution is 2.02. The Morgan fingerprint density at radius 1 is 1.05 bits per heavy atom. The van der Waals surface area contributed by atoms with Gasteiger partial charge in [-0.05, 0) is 42.8 Å². The summed E-state index contributed by atoms with van der Waals surface area (Å²) in [6.45, 7) is 0.855. The van der Waals surface area contributed by atoms with Crippen LogP contribution in [0.25, 0.3) is 0 Å². The molecule has 0 radical (unpaired) electrons. The molecule has 0 aliphatic rings. The van der Waals surface area contributed by atoms with Gasteiger partial charge in [0, 0.05) is 12.7 Å². The second-order valence-electron chi connectivity index (χ2n) is 4.19. The first-order valence-corrected chi connectivity index (χ1v) is 6.75. The molecule has 2 aromatic rings. The van der Waals surface area contributed by atoms with Crippen molar-refractivity contribution in [1.82, 2.24) is 10.3 Å². The van der Waals surface area contributed by atoms with E-state index < -0.39 is 0 Å². The van der Waals surface area contributed by atoms with Crippen molar-refractivity contribution in [3.63, 3.8) is 0 Å². The quantitative estimate of drug-likeness (QED) is 0.647. The minimum atomic E-state index is 0.617. The lowest BCUT2D eigenvalue weighted by Gasteiger charge is -2.09. The fourth-order valence-electron chi connectivity index (χ4n) is 1.74. The summed E-state index contributed by atoms with van der Waals surface area (Å²) in [5, 5.41) is 6.85. The van der Waals surface area contributed by atoms with E-state index in [9.17, 15) is 0 Å². The van der Waals surface area contributed by atoms with Gasteiger partial charge < -0.3 is 10.6 Å². The van der Waals surface area contributed by atoms with Gasteiger partial charge in [0.2, 0.25) is 0 Å². The van der Waals surface area contributed by atoms with Crippen molar-refractivity contribution in [2.45, 2.75) is 12.8 Å². The molecule has 0 saturated heterocycles. The van der Waals surface area contributed by atoms with Gasteiger partial charge in [-0.3, -0.25) is 0 Å². The molecule has 0 atom stereocenters. The number of benzene rings is 1. The van der Waals surface area contributed by atoms with Gasteiger partial charge in [0.25, 0.3) is 0 Å². The van der Waals surface area contributed by atoms with Crippen molar-refractivity contribution in [1.29, 1.82) is 0 Å². The summed E-state index contributed by atoms with van der Waals surface area (Å²) in [6, 6.07) is 16.1. The molecule has 1 aromatic carbocycles. The van der Waals surface area contributed by atoms with Crippen molar-refractivity contribution in [2.75, 3.05) is 11.9 Å². The van der Waals surface area contributed by atoms with E-state index in [-0.39, 0.29) is 0 Å². The van der Waals surface area contributed by atoms with Gasteiger partial charge in [-0.1, -0.05) is 36.4 Å². The zero-order valence-corrected chi connectivity index (χ0v) is 11.5. The van der Waals surface area contributed by atoms with Gasteiger partial charge in [-0.25, -0.2) is 4.98 Å². The monoisotopic (exact) mass is 271 g/mol. The van der Waals surface area contributed by atoms with E-state index in [4.69, 9.17) is 12.2 Å². The molecule has 0 bridgehead atoms. The van der Waals surface area contributed by atoms with E-state index in [1.54, 1.807) is 6.20 Å². The first kappa shape index (κ1) is 13.5. The molecule has 4 heteroatoms. The molecule has 2 rings (SSSR count). The smallest absolute Gasteiger partial charge is 0.171 e. The lowest BCUT2D eigenvalue weighted by molar-refractivity contribution is 0.777. The highest BCUT2D eigenvalue weighted by Gasteiger charge is 1.97. The van der Waals surface area contributed by atoms with Crippen molar-refractivity contribution >= 4 is 23.1 Å². The van der Waals surface area contributed by atoms with Crippen LogP contribution in [0.15, 0.2) is 54.7 Å². The lowest BCUT2D eigenvalue weighted by atomic mass is 10.1. The summed E-state index contributed by atoms with van der Waals surface area (Å²) in [5.41, 5.74) is 1.35. The van der Waals surface area contributed by atoms with Crippen LogP contribution in [0.2, 0.25) is 0 Å². The number of nitrogens with zero attached hydrogens (tertiary/aromatic N) is 1. The van der Waals surface area contributed by atoms with Crippen LogP contribution >= 0.6 is 12.2 Å². The third-order valence-electron chi connectivity index (χ3n) is 2.68. The SMILES string of the molecule is S=C(NCCCc1ccccc1)Nc1ccccn1. The summed E-state index contributed by atoms with van der Waals surface area (Å²) in [5.74, 6) is 0.767. The number of anilines is 1. The van der Waals surface area contributed by atoms with Gasteiger partial charge in [0.05, 0.1) is 0 Å². The average molecular weight is 271 g/mol. The number of hydrogen-bond acceptors (Lipinski definition) is 2. The Balaban J connectivity index is 1.65. The standard InChI is InChI=1S/C15H17N3S/c19-15(18-14-10-4-5-11-16-14)17-12-6-9-13-7-2-1-3-8-13/h1-5,7-8,10-11H,6,9,12H2,(H2,16,17,18,19). The maximum absolute atomic E-state index is 5.20. The molecule has 98 valence electrons. The molecule has 1 aromatic heterocycles. The number of hydrogen-bond donors (Lipinski definition) is 2. The first-order valence-electron chi connectivity index (χ1n) is 6.34. The van der Waals surface area contributed by atoms with E-state index in [1.807, 2.05) is 24.3 Å². The second kappa shape index (κ2) is 7.48. The summed E-state index contributed by atoms with van der Waals surface area (Å²) in [6.07, 6.45) is 3.84. The molecule has 19 heavy (non-hydrogen) atoms. The first-order chi connectivity index (χ1) is 9.34. The number of thiocarbonyl (C=S) groups is 1. The third kappa shape index (κ3) is 5.06. The predicted octanol–water partition coefficient (Wildman–Crippen LogP) is 3.00. The zero-order chi connectivity index (χ0) is 13.3.